The van der Waals surface area contributed by atoms with Crippen LogP contribution >= 0.6 is 0 Å². The second kappa shape index (κ2) is 9.16. The summed E-state index contributed by atoms with van der Waals surface area (Å²) in [5, 5.41) is 44.8. The van der Waals surface area contributed by atoms with Gasteiger partial charge in [-0.25, -0.2) is 0 Å². The number of nitrogens with two attached hydrogens (primary N) is 1. The lowest BCUT2D eigenvalue weighted by atomic mass is 9.48. The molecule has 0 bridgehead atoms. The number of phenolic OH excluding ortho intramolecular Hbond substituents is 1. The van der Waals surface area contributed by atoms with Crippen LogP contribution in [0.25, 0.3) is 17.2 Å². The van der Waals surface area contributed by atoms with Gasteiger partial charge in [0.1, 0.15) is 22.8 Å². The van der Waals surface area contributed by atoms with E-state index < -0.39 is 51.0 Å². The van der Waals surface area contributed by atoms with Gasteiger partial charge >= 0.3 is 0 Å². The largest absolute Gasteiger partial charge is 0.511 e. The molecule has 6 rings (SSSR count). The van der Waals surface area contributed by atoms with Crippen LogP contribution in [0.15, 0.2) is 64.6 Å². The van der Waals surface area contributed by atoms with E-state index in [4.69, 9.17) is 5.73 Å². The van der Waals surface area contributed by atoms with E-state index in [0.717, 1.165) is 23.1 Å². The minimum atomic E-state index is -2.65. The minimum absolute atomic E-state index is 0.00137. The van der Waals surface area contributed by atoms with Crippen LogP contribution in [-0.4, -0.2) is 43.5 Å². The van der Waals surface area contributed by atoms with Crippen molar-refractivity contribution in [1.29, 1.82) is 0 Å². The van der Waals surface area contributed by atoms with Crippen molar-refractivity contribution < 1.29 is 34.8 Å². The number of hydrogen-bond acceptors (Lipinski definition) is 7. The number of fused-ring (bicyclic) bond motifs is 3. The third kappa shape index (κ3) is 3.74. The molecule has 2 aromatic rings. The Morgan fingerprint density at radius 2 is 1.71 bits per heavy atom. The molecule has 4 aliphatic carbocycles. The highest BCUT2D eigenvalue weighted by Gasteiger charge is 2.68. The van der Waals surface area contributed by atoms with Crippen molar-refractivity contribution in [2.45, 2.75) is 64.9 Å². The number of benzene rings is 2. The summed E-state index contributed by atoms with van der Waals surface area (Å²) in [6, 6.07) is 11.3. The first-order valence-electron chi connectivity index (χ1n) is 14.4. The number of ketones is 2. The summed E-state index contributed by atoms with van der Waals surface area (Å²) >= 11 is 0. The van der Waals surface area contributed by atoms with E-state index in [1.165, 1.54) is 24.5 Å². The Hall–Kier alpha value is -4.17. The Kier molecular flexibility index (Phi) is 6.10. The Morgan fingerprint density at radius 3 is 2.33 bits per heavy atom. The van der Waals surface area contributed by atoms with Crippen LogP contribution in [0.4, 0.5) is 0 Å². The van der Waals surface area contributed by atoms with Crippen molar-refractivity contribution in [3.8, 4) is 16.9 Å². The number of aliphatic hydroxyl groups is 3. The van der Waals surface area contributed by atoms with E-state index >= 15 is 0 Å². The number of aromatic hydroxyl groups is 1. The van der Waals surface area contributed by atoms with Crippen LogP contribution in [0.1, 0.15) is 74.4 Å². The van der Waals surface area contributed by atoms with Crippen molar-refractivity contribution in [1.82, 2.24) is 0 Å². The molecule has 8 heteroatoms. The van der Waals surface area contributed by atoms with Crippen molar-refractivity contribution in [3.05, 3.63) is 81.3 Å². The summed E-state index contributed by atoms with van der Waals surface area (Å²) in [5.74, 6) is -4.29. The summed E-state index contributed by atoms with van der Waals surface area (Å²) < 4.78 is 0. The van der Waals surface area contributed by atoms with Crippen molar-refractivity contribution in [2.24, 2.45) is 22.5 Å². The van der Waals surface area contributed by atoms with Crippen LogP contribution in [-0.2, 0) is 16.0 Å². The highest BCUT2D eigenvalue weighted by Crippen LogP contribution is 2.62. The molecule has 1 unspecified atom stereocenters. The monoisotopic (exact) mass is 569 g/mol. The molecule has 6 N–H and O–H groups in total. The van der Waals surface area contributed by atoms with Gasteiger partial charge in [0.2, 0.25) is 5.78 Å². The normalized spacial score (nSPS) is 31.7. The van der Waals surface area contributed by atoms with E-state index in [-0.39, 0.29) is 36.1 Å². The summed E-state index contributed by atoms with van der Waals surface area (Å²) in [5.41, 5.74) is 3.94. The summed E-state index contributed by atoms with van der Waals surface area (Å²) in [4.78, 5) is 39.5. The molecule has 0 spiro atoms. The summed E-state index contributed by atoms with van der Waals surface area (Å²) in [7, 11) is 0. The van der Waals surface area contributed by atoms with Gasteiger partial charge in [-0.2, -0.15) is 0 Å². The predicted molar refractivity (Wildman–Crippen MR) is 156 cm³/mol. The summed E-state index contributed by atoms with van der Waals surface area (Å²) in [6.07, 6.45) is 5.70. The number of allylic oxidation sites excluding steroid dienone is 3. The molecular formula is C34H35NO7. The number of carbonyl (C=O) groups excluding carboxylic acids is 3. The van der Waals surface area contributed by atoms with Crippen molar-refractivity contribution in [3.63, 3.8) is 0 Å². The van der Waals surface area contributed by atoms with Gasteiger partial charge in [0, 0.05) is 22.8 Å². The summed E-state index contributed by atoms with van der Waals surface area (Å²) in [6.45, 7) is 5.56. The lowest BCUT2D eigenvalue weighted by Crippen LogP contribution is -2.64. The fourth-order valence-corrected chi connectivity index (χ4v) is 8.05. The zero-order valence-corrected chi connectivity index (χ0v) is 24.0. The van der Waals surface area contributed by atoms with E-state index in [1.807, 2.05) is 24.3 Å². The van der Waals surface area contributed by atoms with E-state index in [2.05, 4.69) is 13.0 Å². The minimum Gasteiger partial charge on any atom is -0.511 e. The molecular weight excluding hydrogens is 534 g/mol. The van der Waals surface area contributed by atoms with Crippen LogP contribution in [0.5, 0.6) is 5.75 Å². The molecule has 4 aliphatic rings. The van der Waals surface area contributed by atoms with Gasteiger partial charge in [0.25, 0.3) is 5.91 Å². The van der Waals surface area contributed by atoms with Crippen molar-refractivity contribution >= 4 is 23.5 Å². The molecule has 1 fully saturated rings. The van der Waals surface area contributed by atoms with E-state index in [9.17, 15) is 34.8 Å². The Balaban J connectivity index is 1.47. The van der Waals surface area contributed by atoms with E-state index in [1.54, 1.807) is 19.9 Å². The van der Waals surface area contributed by atoms with Crippen LogP contribution in [0, 0.1) is 16.7 Å². The van der Waals surface area contributed by atoms with E-state index in [0.29, 0.717) is 11.5 Å². The number of amides is 1. The number of aliphatic hydroxyl groups excluding tert-OH is 2. The fraction of sp³-hybridized carbons (Fsp3) is 0.382. The number of rotatable bonds is 3. The number of Topliss-reactive ketones (excluding diaryl/α,β-unsaturated/α-hetero) is 2. The topological polar surface area (TPSA) is 158 Å². The zero-order chi connectivity index (χ0) is 30.4. The third-order valence-electron chi connectivity index (χ3n) is 10.1. The Bertz CT molecular complexity index is 1680. The molecule has 2 aromatic carbocycles. The Morgan fingerprint density at radius 1 is 1.02 bits per heavy atom. The van der Waals surface area contributed by atoms with Crippen molar-refractivity contribution in [2.75, 3.05) is 0 Å². The molecule has 0 aliphatic heterocycles. The maximum atomic E-state index is 14.1. The molecule has 0 radical (unpaired) electrons. The van der Waals surface area contributed by atoms with Gasteiger partial charge in [-0.05, 0) is 66.3 Å². The first-order valence-corrected chi connectivity index (χ1v) is 14.4. The van der Waals surface area contributed by atoms with Gasteiger partial charge in [-0.3, -0.25) is 14.4 Å². The second-order valence-corrected chi connectivity index (χ2v) is 13.1. The quantitative estimate of drug-likeness (QED) is 0.317. The van der Waals surface area contributed by atoms with Crippen LogP contribution in [0.2, 0.25) is 0 Å². The molecule has 0 heterocycles. The SMILES string of the molecule is CC1CCCC1=Cc1ccc(-c2ccc(O)c3c2C[C@]2(C)C[C@]4(C)CC(O)=C(C(N)=O)C(=O)[C@]4(O)C(O)=C2C3=O)cc1. The first-order chi connectivity index (χ1) is 19.7. The average Bonchev–Trinajstić information content (AvgIpc) is 3.30. The Labute approximate surface area is 243 Å². The molecule has 42 heavy (non-hydrogen) atoms. The number of phenols is 1. The van der Waals surface area contributed by atoms with Gasteiger partial charge in [-0.15, -0.1) is 0 Å². The second-order valence-electron chi connectivity index (χ2n) is 13.1. The standard InChI is InChI=1S/C34H35NO7/c1-17-5-4-6-20(17)13-18-7-9-19(10-8-18)21-11-12-23(36)25-22(21)14-32(2)16-33(3)15-24(37)26(31(35)41)29(39)34(33,42)30(40)27(32)28(25)38/h7-13,17,36-37,40,42H,4-6,14-16H2,1-3H3,(H2,35,41)/t17?,32-,33+,34+/m1/s1. The maximum Gasteiger partial charge on any atom is 0.255 e. The molecule has 8 nitrogen and oxygen atoms in total. The third-order valence-corrected chi connectivity index (χ3v) is 10.1. The molecule has 1 amide bonds. The first kappa shape index (κ1) is 28.0. The lowest BCUT2D eigenvalue weighted by Gasteiger charge is -2.55. The molecule has 4 atom stereocenters. The molecule has 0 saturated heterocycles. The fourth-order valence-electron chi connectivity index (χ4n) is 8.05. The average molecular weight is 570 g/mol. The molecule has 0 aromatic heterocycles. The molecule has 1 saturated carbocycles. The predicted octanol–water partition coefficient (Wildman–Crippen LogP) is 5.23. The molecule has 218 valence electrons. The van der Waals surface area contributed by atoms with Gasteiger partial charge in [0.15, 0.2) is 11.4 Å². The maximum absolute atomic E-state index is 14.1. The number of hydrogen-bond donors (Lipinski definition) is 5. The van der Waals surface area contributed by atoms with Gasteiger partial charge in [-0.1, -0.05) is 62.8 Å². The smallest absolute Gasteiger partial charge is 0.255 e. The lowest BCUT2D eigenvalue weighted by molar-refractivity contribution is -0.159. The van der Waals surface area contributed by atoms with Gasteiger partial charge in [0.05, 0.1) is 5.56 Å². The van der Waals surface area contributed by atoms with Crippen LogP contribution in [0.3, 0.4) is 0 Å². The van der Waals surface area contributed by atoms with Crippen LogP contribution < -0.4 is 5.73 Å². The number of primary amides is 1. The number of carbonyl (C=O) groups is 3. The zero-order valence-electron chi connectivity index (χ0n) is 24.0. The highest BCUT2D eigenvalue weighted by molar-refractivity contribution is 6.25. The highest BCUT2D eigenvalue weighted by atomic mass is 16.3. The van der Waals surface area contributed by atoms with Gasteiger partial charge < -0.3 is 26.2 Å².